The Morgan fingerprint density at radius 3 is 2.50 bits per heavy atom. The molecule has 1 N–H and O–H groups in total. The normalized spacial score (nSPS) is 10.9. The quantitative estimate of drug-likeness (QED) is 0.807. The maximum atomic E-state index is 11.4. The lowest BCUT2D eigenvalue weighted by Gasteiger charge is -2.04. The van der Waals surface area contributed by atoms with Gasteiger partial charge in [0.15, 0.2) is 0 Å². The second kappa shape index (κ2) is 7.02. The van der Waals surface area contributed by atoms with Gasteiger partial charge < -0.3 is 5.32 Å². The first kappa shape index (κ1) is 14.5. The van der Waals surface area contributed by atoms with Crippen LogP contribution in [-0.4, -0.2) is 12.5 Å². The lowest BCUT2D eigenvalue weighted by molar-refractivity contribution is -0.116. The lowest BCUT2D eigenvalue weighted by Crippen LogP contribution is -2.21. The summed E-state index contributed by atoms with van der Waals surface area (Å²) in [7, 11) is 0. The van der Waals surface area contributed by atoms with E-state index in [9.17, 15) is 4.79 Å². The summed E-state index contributed by atoms with van der Waals surface area (Å²) in [5.41, 5.74) is 2.29. The molecule has 1 rings (SSSR count). The topological polar surface area (TPSA) is 29.1 Å². The fourth-order valence-electron chi connectivity index (χ4n) is 1.41. The third-order valence-corrected chi connectivity index (χ3v) is 2.62. The van der Waals surface area contributed by atoms with Crippen molar-refractivity contribution in [1.82, 2.24) is 5.32 Å². The van der Waals surface area contributed by atoms with Gasteiger partial charge in [-0.2, -0.15) is 0 Å². The number of nitrogens with one attached hydrogen (secondary N) is 1. The molecule has 0 fully saturated rings. The van der Waals surface area contributed by atoms with E-state index in [0.29, 0.717) is 11.0 Å². The summed E-state index contributed by atoms with van der Waals surface area (Å²) in [6.07, 6.45) is 3.26. The molecule has 0 aliphatic carbocycles. The van der Waals surface area contributed by atoms with Gasteiger partial charge in [0.1, 0.15) is 0 Å². The van der Waals surface area contributed by atoms with Crippen LogP contribution in [-0.2, 0) is 4.79 Å². The monoisotopic (exact) mass is 263 g/mol. The van der Waals surface area contributed by atoms with E-state index in [1.165, 1.54) is 11.6 Å². The van der Waals surface area contributed by atoms with E-state index in [4.69, 9.17) is 11.6 Å². The minimum Gasteiger partial charge on any atom is -0.348 e. The molecule has 0 unspecified atom stereocenters. The van der Waals surface area contributed by atoms with Crippen LogP contribution in [0.1, 0.15) is 30.9 Å². The van der Waals surface area contributed by atoms with Crippen LogP contribution in [0.3, 0.4) is 0 Å². The van der Waals surface area contributed by atoms with Gasteiger partial charge >= 0.3 is 0 Å². The molecule has 0 saturated carbocycles. The van der Waals surface area contributed by atoms with Crippen molar-refractivity contribution in [3.8, 4) is 0 Å². The average molecular weight is 264 g/mol. The van der Waals surface area contributed by atoms with Crippen molar-refractivity contribution >= 4 is 23.6 Å². The Hall–Kier alpha value is -1.54. The molecule has 18 heavy (non-hydrogen) atoms. The summed E-state index contributed by atoms with van der Waals surface area (Å²) < 4.78 is 0. The van der Waals surface area contributed by atoms with E-state index in [1.54, 1.807) is 6.08 Å². The van der Waals surface area contributed by atoms with Crippen LogP contribution in [0.15, 0.2) is 42.0 Å². The third-order valence-electron chi connectivity index (χ3n) is 2.48. The SMILES string of the molecule is C=C(Cl)CNC(=O)/C=C/c1ccc(C(C)C)cc1. The van der Waals surface area contributed by atoms with Crippen molar-refractivity contribution in [2.24, 2.45) is 0 Å². The van der Waals surface area contributed by atoms with Crippen LogP contribution in [0, 0.1) is 0 Å². The van der Waals surface area contributed by atoms with Crippen molar-refractivity contribution in [3.05, 3.63) is 53.1 Å². The number of amides is 1. The van der Waals surface area contributed by atoms with Crippen LogP contribution in [0.5, 0.6) is 0 Å². The van der Waals surface area contributed by atoms with Crippen molar-refractivity contribution in [3.63, 3.8) is 0 Å². The van der Waals surface area contributed by atoms with Gasteiger partial charge in [-0.05, 0) is 23.1 Å². The van der Waals surface area contributed by atoms with Crippen molar-refractivity contribution in [2.75, 3.05) is 6.54 Å². The van der Waals surface area contributed by atoms with E-state index >= 15 is 0 Å². The largest absolute Gasteiger partial charge is 0.348 e. The van der Waals surface area contributed by atoms with Gasteiger partial charge in [0, 0.05) is 11.1 Å². The summed E-state index contributed by atoms with van der Waals surface area (Å²) in [6.45, 7) is 8.09. The van der Waals surface area contributed by atoms with Gasteiger partial charge in [-0.1, -0.05) is 56.3 Å². The standard InChI is InChI=1S/C15H18ClNO/c1-11(2)14-7-4-13(5-8-14)6-9-15(18)17-10-12(3)16/h4-9,11H,3,10H2,1-2H3,(H,17,18)/b9-6+. The minimum absolute atomic E-state index is 0.176. The molecule has 0 saturated heterocycles. The number of carbonyl (C=O) groups excluding carboxylic acids is 1. The van der Waals surface area contributed by atoms with E-state index in [-0.39, 0.29) is 12.5 Å². The average Bonchev–Trinajstić information content (AvgIpc) is 2.34. The molecule has 0 aromatic heterocycles. The molecule has 1 amide bonds. The fourth-order valence-corrected chi connectivity index (χ4v) is 1.47. The number of benzene rings is 1. The Morgan fingerprint density at radius 2 is 2.00 bits per heavy atom. The first-order valence-electron chi connectivity index (χ1n) is 5.88. The van der Waals surface area contributed by atoms with Crippen LogP contribution < -0.4 is 5.32 Å². The fraction of sp³-hybridized carbons (Fsp3) is 0.267. The highest BCUT2D eigenvalue weighted by atomic mass is 35.5. The van der Waals surface area contributed by atoms with Crippen LogP contribution in [0.4, 0.5) is 0 Å². The summed E-state index contributed by atoms with van der Waals surface area (Å²) in [4.78, 5) is 11.4. The zero-order chi connectivity index (χ0) is 13.5. The first-order chi connectivity index (χ1) is 8.49. The first-order valence-corrected chi connectivity index (χ1v) is 6.26. The second-order valence-corrected chi connectivity index (χ2v) is 4.92. The van der Waals surface area contributed by atoms with Gasteiger partial charge in [-0.3, -0.25) is 4.79 Å². The van der Waals surface area contributed by atoms with Gasteiger partial charge in [-0.15, -0.1) is 0 Å². The highest BCUT2D eigenvalue weighted by molar-refractivity contribution is 6.29. The van der Waals surface area contributed by atoms with E-state index in [0.717, 1.165) is 5.56 Å². The highest BCUT2D eigenvalue weighted by Crippen LogP contribution is 2.15. The van der Waals surface area contributed by atoms with Crippen LogP contribution >= 0.6 is 11.6 Å². The van der Waals surface area contributed by atoms with Gasteiger partial charge in [0.25, 0.3) is 0 Å². The van der Waals surface area contributed by atoms with E-state index < -0.39 is 0 Å². The number of hydrogen-bond donors (Lipinski definition) is 1. The molecular formula is C15H18ClNO. The molecule has 0 aliphatic rings. The van der Waals surface area contributed by atoms with Gasteiger partial charge in [-0.25, -0.2) is 0 Å². The summed E-state index contributed by atoms with van der Waals surface area (Å²) in [5.74, 6) is 0.339. The lowest BCUT2D eigenvalue weighted by atomic mass is 10.0. The van der Waals surface area contributed by atoms with Crippen molar-refractivity contribution in [2.45, 2.75) is 19.8 Å². The molecule has 1 aromatic rings. The Balaban J connectivity index is 2.56. The summed E-state index contributed by atoms with van der Waals surface area (Å²) in [5, 5.41) is 3.04. The van der Waals surface area contributed by atoms with Gasteiger partial charge in [0.2, 0.25) is 5.91 Å². The van der Waals surface area contributed by atoms with E-state index in [1.807, 2.05) is 12.1 Å². The Morgan fingerprint density at radius 1 is 1.39 bits per heavy atom. The zero-order valence-corrected chi connectivity index (χ0v) is 11.5. The molecule has 1 aromatic carbocycles. The molecule has 0 aliphatic heterocycles. The minimum atomic E-state index is -0.176. The Labute approximate surface area is 113 Å². The molecule has 0 atom stereocenters. The molecular weight excluding hydrogens is 246 g/mol. The summed E-state index contributed by atoms with van der Waals surface area (Å²) >= 11 is 5.55. The van der Waals surface area contributed by atoms with Crippen molar-refractivity contribution < 1.29 is 4.79 Å². The van der Waals surface area contributed by atoms with Crippen molar-refractivity contribution in [1.29, 1.82) is 0 Å². The summed E-state index contributed by atoms with van der Waals surface area (Å²) in [6, 6.07) is 8.14. The number of carbonyl (C=O) groups is 1. The molecule has 2 nitrogen and oxygen atoms in total. The van der Waals surface area contributed by atoms with E-state index in [2.05, 4.69) is 37.9 Å². The number of hydrogen-bond acceptors (Lipinski definition) is 1. The zero-order valence-electron chi connectivity index (χ0n) is 10.7. The van der Waals surface area contributed by atoms with Crippen LogP contribution in [0.2, 0.25) is 0 Å². The Kier molecular flexibility index (Phi) is 5.66. The Bertz CT molecular complexity index is 446. The molecule has 96 valence electrons. The maximum absolute atomic E-state index is 11.4. The molecule has 0 bridgehead atoms. The smallest absolute Gasteiger partial charge is 0.244 e. The predicted octanol–water partition coefficient (Wildman–Crippen LogP) is 3.69. The second-order valence-electron chi connectivity index (χ2n) is 4.39. The number of halogens is 1. The maximum Gasteiger partial charge on any atom is 0.244 e. The third kappa shape index (κ3) is 5.19. The number of rotatable bonds is 5. The highest BCUT2D eigenvalue weighted by Gasteiger charge is 1.98. The molecule has 3 heteroatoms. The van der Waals surface area contributed by atoms with Crippen LogP contribution in [0.25, 0.3) is 6.08 Å². The van der Waals surface area contributed by atoms with Gasteiger partial charge in [0.05, 0.1) is 6.54 Å². The predicted molar refractivity (Wildman–Crippen MR) is 77.6 cm³/mol. The molecule has 0 radical (unpaired) electrons. The molecule has 0 heterocycles. The molecule has 0 spiro atoms.